The van der Waals surface area contributed by atoms with E-state index in [1.165, 1.54) is 5.41 Å². The molecule has 1 unspecified atom stereocenters. The maximum Gasteiger partial charge on any atom is 0.269 e. The third-order valence-corrected chi connectivity index (χ3v) is 5.19. The Labute approximate surface area is 187 Å². The van der Waals surface area contributed by atoms with Gasteiger partial charge < -0.3 is 26.0 Å². The first kappa shape index (κ1) is 24.9. The molecule has 0 aliphatic carbocycles. The van der Waals surface area contributed by atoms with E-state index in [4.69, 9.17) is 16.3 Å². The number of rotatable bonds is 11. The van der Waals surface area contributed by atoms with E-state index in [0.29, 0.717) is 18.9 Å². The van der Waals surface area contributed by atoms with E-state index in [2.05, 4.69) is 38.9 Å². The number of ether oxygens (including phenoxy) is 1. The molecule has 8 N–H and O–H groups in total. The van der Waals surface area contributed by atoms with E-state index in [9.17, 15) is 9.59 Å². The smallest absolute Gasteiger partial charge is 0.269 e. The van der Waals surface area contributed by atoms with Crippen LogP contribution in [-0.2, 0) is 14.3 Å². The number of hydrogen-bond donors (Lipinski definition) is 7. The van der Waals surface area contributed by atoms with Gasteiger partial charge in [0.25, 0.3) is 5.91 Å². The van der Waals surface area contributed by atoms with Crippen molar-refractivity contribution in [3.63, 3.8) is 0 Å². The molecule has 1 heterocycles. The molecule has 0 aromatic heterocycles. The zero-order chi connectivity index (χ0) is 22.8. The number of likely N-dealkylation sites (N-methyl/N-ethyl adjacent to an activating group) is 2. The Hall–Kier alpha value is -2.35. The maximum absolute atomic E-state index is 12.4. The number of morpholine rings is 1. The molecule has 1 aliphatic heterocycles. The number of carbonyl (C=O) groups excluding carboxylic acids is 2. The summed E-state index contributed by atoms with van der Waals surface area (Å²) < 4.78 is 5.38. The number of anilines is 1. The van der Waals surface area contributed by atoms with Crippen LogP contribution in [0, 0.1) is 0 Å². The number of benzene rings is 1. The first-order valence-electron chi connectivity index (χ1n) is 9.90. The summed E-state index contributed by atoms with van der Waals surface area (Å²) in [6.07, 6.45) is -0.442. The fourth-order valence-corrected chi connectivity index (χ4v) is 3.38. The van der Waals surface area contributed by atoms with Crippen LogP contribution in [0.3, 0.4) is 0 Å². The van der Waals surface area contributed by atoms with Gasteiger partial charge in [-0.15, -0.1) is 12.6 Å². The van der Waals surface area contributed by atoms with E-state index in [-0.39, 0.29) is 6.54 Å². The molecule has 1 aromatic rings. The summed E-state index contributed by atoms with van der Waals surface area (Å²) in [5.41, 5.74) is 10.7. The molecule has 0 spiro atoms. The number of amides is 2. The number of nitrogens with zero attached hydrogens (tertiary/aromatic N) is 2. The van der Waals surface area contributed by atoms with Gasteiger partial charge in [-0.05, 0) is 31.6 Å². The molecule has 0 saturated carbocycles. The molecule has 0 radical (unpaired) electrons. The Morgan fingerprint density at radius 3 is 2.35 bits per heavy atom. The number of nitrogens with one attached hydrogen (secondary N) is 4. The topological polar surface area (TPSA) is 150 Å². The Morgan fingerprint density at radius 1 is 1.23 bits per heavy atom. The van der Waals surface area contributed by atoms with Gasteiger partial charge in [0.1, 0.15) is 6.04 Å². The monoisotopic (exact) mass is 452 g/mol. The molecule has 1 saturated heterocycles. The molecule has 31 heavy (non-hydrogen) atoms. The van der Waals surface area contributed by atoms with Crippen molar-refractivity contribution in [1.82, 2.24) is 26.5 Å². The van der Waals surface area contributed by atoms with Crippen LogP contribution >= 0.6 is 12.6 Å². The highest BCUT2D eigenvalue weighted by Crippen LogP contribution is 2.20. The lowest BCUT2D eigenvalue weighted by molar-refractivity contribution is -0.133. The minimum atomic E-state index is -0.806. The van der Waals surface area contributed by atoms with Crippen LogP contribution in [0.1, 0.15) is 5.56 Å². The fraction of sp³-hybridized carbons (Fsp3) is 0.474. The normalized spacial score (nSPS) is 15.6. The second-order valence-electron chi connectivity index (χ2n) is 6.88. The Kier molecular flexibility index (Phi) is 10.0. The molecule has 0 bridgehead atoms. The highest BCUT2D eigenvalue weighted by Gasteiger charge is 2.25. The van der Waals surface area contributed by atoms with Crippen molar-refractivity contribution in [3.8, 4) is 0 Å². The average Bonchev–Trinajstić information content (AvgIpc) is 2.80. The molecule has 2 amide bonds. The van der Waals surface area contributed by atoms with Crippen LogP contribution < -0.4 is 37.9 Å². The molecule has 1 aliphatic rings. The van der Waals surface area contributed by atoms with Gasteiger partial charge in [-0.2, -0.15) is 5.12 Å². The van der Waals surface area contributed by atoms with Crippen molar-refractivity contribution >= 4 is 35.8 Å². The van der Waals surface area contributed by atoms with Crippen molar-refractivity contribution in [3.05, 3.63) is 35.2 Å². The minimum absolute atomic E-state index is 0.202. The molecule has 11 nitrogen and oxygen atoms in total. The van der Waals surface area contributed by atoms with E-state index in [1.807, 2.05) is 24.3 Å². The van der Waals surface area contributed by atoms with E-state index < -0.39 is 24.0 Å². The van der Waals surface area contributed by atoms with Gasteiger partial charge in [0.15, 0.2) is 0 Å². The summed E-state index contributed by atoms with van der Waals surface area (Å²) in [5, 5.41) is 11.0. The van der Waals surface area contributed by atoms with E-state index in [1.54, 1.807) is 14.1 Å². The molecular formula is C19H32N8O3S. The first-order valence-corrected chi connectivity index (χ1v) is 10.4. The van der Waals surface area contributed by atoms with Crippen LogP contribution in [0.2, 0.25) is 0 Å². The Balaban J connectivity index is 1.94. The van der Waals surface area contributed by atoms with Crippen LogP contribution in [0.5, 0.6) is 0 Å². The zero-order valence-electron chi connectivity index (χ0n) is 17.8. The Bertz CT molecular complexity index is 751. The van der Waals surface area contributed by atoms with Crippen molar-refractivity contribution in [1.29, 1.82) is 0 Å². The zero-order valence-corrected chi connectivity index (χ0v) is 18.7. The number of primary amides is 1. The predicted octanol–water partition coefficient (Wildman–Crippen LogP) is -1.83. The van der Waals surface area contributed by atoms with Gasteiger partial charge in [0.2, 0.25) is 5.91 Å². The summed E-state index contributed by atoms with van der Waals surface area (Å²) in [6, 6.07) is 7.03. The standard InChI is InChI=1S/C19H32N8O3S/c1-22-19(23-2)17(18(20)29)24-11-16(28)27(21)25-15(12-31)13-3-5-14(6-4-13)26-7-9-30-10-8-26/h3-6,12,17,19,22-25,31H,7-11,21H2,1-2H3,(H2,20,29)/b15-12-. The maximum atomic E-state index is 12.4. The highest BCUT2D eigenvalue weighted by molar-refractivity contribution is 7.83. The molecule has 1 atom stereocenters. The van der Waals surface area contributed by atoms with Crippen LogP contribution in [-0.4, -0.2) is 76.1 Å². The number of thiol groups is 1. The van der Waals surface area contributed by atoms with Crippen molar-refractivity contribution in [2.24, 2.45) is 11.6 Å². The Morgan fingerprint density at radius 2 is 1.84 bits per heavy atom. The predicted molar refractivity (Wildman–Crippen MR) is 123 cm³/mol. The van der Waals surface area contributed by atoms with Crippen molar-refractivity contribution in [2.75, 3.05) is 51.8 Å². The SMILES string of the molecule is CNC(NC)C(NCC(=O)N(N)N/C(=C\S)c1ccc(N2CCOCC2)cc1)C(N)=O. The van der Waals surface area contributed by atoms with Gasteiger partial charge in [-0.1, -0.05) is 12.1 Å². The summed E-state index contributed by atoms with van der Waals surface area (Å²) in [7, 11) is 3.34. The molecule has 1 aromatic carbocycles. The van der Waals surface area contributed by atoms with Gasteiger partial charge in [0, 0.05) is 24.3 Å². The number of hydrogen-bond acceptors (Lipinski definition) is 10. The van der Waals surface area contributed by atoms with E-state index >= 15 is 0 Å². The third-order valence-electron chi connectivity index (χ3n) is 4.93. The summed E-state index contributed by atoms with van der Waals surface area (Å²) in [6.45, 7) is 2.91. The van der Waals surface area contributed by atoms with Crippen LogP contribution in [0.15, 0.2) is 29.7 Å². The van der Waals surface area contributed by atoms with Gasteiger partial charge in [-0.3, -0.25) is 20.3 Å². The lowest BCUT2D eigenvalue weighted by Crippen LogP contribution is -2.61. The highest BCUT2D eigenvalue weighted by atomic mass is 32.1. The third kappa shape index (κ3) is 7.09. The quantitative estimate of drug-likeness (QED) is 0.0676. The summed E-state index contributed by atoms with van der Waals surface area (Å²) >= 11 is 4.22. The van der Waals surface area contributed by atoms with Gasteiger partial charge in [-0.25, -0.2) is 5.84 Å². The molecule has 2 rings (SSSR count). The largest absolute Gasteiger partial charge is 0.378 e. The van der Waals surface area contributed by atoms with Crippen molar-refractivity contribution in [2.45, 2.75) is 12.2 Å². The fourth-order valence-electron chi connectivity index (χ4n) is 3.18. The number of carbonyl (C=O) groups is 2. The van der Waals surface area contributed by atoms with Crippen LogP contribution in [0.25, 0.3) is 5.70 Å². The van der Waals surface area contributed by atoms with Crippen LogP contribution in [0.4, 0.5) is 5.69 Å². The summed E-state index contributed by atoms with van der Waals surface area (Å²) in [4.78, 5) is 26.3. The summed E-state index contributed by atoms with van der Waals surface area (Å²) in [5.74, 6) is 4.78. The lowest BCUT2D eigenvalue weighted by Gasteiger charge is -2.29. The second kappa shape index (κ2) is 12.5. The van der Waals surface area contributed by atoms with Gasteiger partial charge >= 0.3 is 0 Å². The molecule has 1 fully saturated rings. The van der Waals surface area contributed by atoms with Gasteiger partial charge in [0.05, 0.1) is 31.6 Å². The van der Waals surface area contributed by atoms with E-state index in [0.717, 1.165) is 29.5 Å². The molecule has 12 heteroatoms. The number of nitrogens with two attached hydrogens (primary N) is 2. The minimum Gasteiger partial charge on any atom is -0.378 e. The molecule has 172 valence electrons. The second-order valence-corrected chi connectivity index (χ2v) is 7.14. The lowest BCUT2D eigenvalue weighted by atomic mass is 10.1. The first-order chi connectivity index (χ1) is 14.9. The van der Waals surface area contributed by atoms with Crippen molar-refractivity contribution < 1.29 is 14.3 Å². The average molecular weight is 453 g/mol. The molecular weight excluding hydrogens is 420 g/mol. The number of hydrazine groups is 2.